The molecule has 2 fully saturated rings. The molecule has 0 aliphatic carbocycles. The summed E-state index contributed by atoms with van der Waals surface area (Å²) in [6, 6.07) is 9.85. The molecule has 3 heterocycles. The van der Waals surface area contributed by atoms with Gasteiger partial charge in [0.1, 0.15) is 0 Å². The first-order valence-electron chi connectivity index (χ1n) is 8.63. The largest absolute Gasteiger partial charge is 0.317 e. The average Bonchev–Trinajstić information content (AvgIpc) is 2.57. The topological polar surface area (TPSA) is 36.1 Å². The molecule has 21 heavy (non-hydrogen) atoms. The molecule has 1 atom stereocenters. The van der Waals surface area contributed by atoms with Crippen molar-refractivity contribution >= 4 is 0 Å². The summed E-state index contributed by atoms with van der Waals surface area (Å²) < 4.78 is 0. The van der Waals surface area contributed by atoms with Gasteiger partial charge in [-0.25, -0.2) is 0 Å². The fourth-order valence-corrected chi connectivity index (χ4v) is 4.71. The molecule has 3 nitrogen and oxygen atoms in total. The van der Waals surface area contributed by atoms with E-state index in [4.69, 9.17) is 0 Å². The van der Waals surface area contributed by atoms with Crippen molar-refractivity contribution in [2.45, 2.75) is 37.1 Å². The molecule has 4 rings (SSSR count). The van der Waals surface area contributed by atoms with Crippen molar-refractivity contribution in [1.29, 1.82) is 0 Å². The Morgan fingerprint density at radius 3 is 2.43 bits per heavy atom. The van der Waals surface area contributed by atoms with Crippen molar-refractivity contribution in [3.8, 4) is 0 Å². The third-order valence-electron chi connectivity index (χ3n) is 5.94. The highest BCUT2D eigenvalue weighted by atomic mass is 15.0. The van der Waals surface area contributed by atoms with E-state index < -0.39 is 0 Å². The Kier molecular flexibility index (Phi) is 3.74. The number of rotatable bonds is 1. The number of benzene rings is 1. The molecule has 3 aliphatic rings. The third-order valence-corrected chi connectivity index (χ3v) is 5.94. The lowest BCUT2D eigenvalue weighted by molar-refractivity contribution is 0.210. The minimum absolute atomic E-state index is 0.380. The second-order valence-electron chi connectivity index (χ2n) is 7.06. The molecular formula is C18H27N3. The summed E-state index contributed by atoms with van der Waals surface area (Å²) in [6.45, 7) is 5.85. The normalized spacial score (nSPS) is 29.2. The van der Waals surface area contributed by atoms with Crippen LogP contribution in [-0.2, 0) is 5.41 Å². The second kappa shape index (κ2) is 5.71. The van der Waals surface area contributed by atoms with Gasteiger partial charge in [0.25, 0.3) is 0 Å². The van der Waals surface area contributed by atoms with Crippen LogP contribution in [0, 0.1) is 5.92 Å². The summed E-state index contributed by atoms with van der Waals surface area (Å²) in [6.07, 6.45) is 5.16. The number of piperidine rings is 2. The van der Waals surface area contributed by atoms with Gasteiger partial charge in [-0.1, -0.05) is 24.3 Å². The van der Waals surface area contributed by atoms with E-state index in [2.05, 4.69) is 40.2 Å². The molecule has 0 radical (unpaired) electrons. The zero-order valence-electron chi connectivity index (χ0n) is 12.8. The predicted octanol–water partition coefficient (Wildman–Crippen LogP) is 1.95. The van der Waals surface area contributed by atoms with E-state index >= 15 is 0 Å². The van der Waals surface area contributed by atoms with Crippen LogP contribution in [0.25, 0.3) is 0 Å². The number of hydrogen-bond acceptors (Lipinski definition) is 3. The smallest absolute Gasteiger partial charge is 0.0352 e. The van der Waals surface area contributed by atoms with E-state index in [1.807, 2.05) is 0 Å². The lowest BCUT2D eigenvalue weighted by atomic mass is 9.66. The van der Waals surface area contributed by atoms with Crippen LogP contribution in [-0.4, -0.2) is 32.7 Å². The highest BCUT2D eigenvalue weighted by Crippen LogP contribution is 2.43. The van der Waals surface area contributed by atoms with Gasteiger partial charge >= 0.3 is 0 Å². The van der Waals surface area contributed by atoms with E-state index in [0.29, 0.717) is 11.5 Å². The van der Waals surface area contributed by atoms with Crippen LogP contribution in [0.5, 0.6) is 0 Å². The summed E-state index contributed by atoms with van der Waals surface area (Å²) in [5, 5.41) is 11.0. The van der Waals surface area contributed by atoms with Gasteiger partial charge in [-0.2, -0.15) is 0 Å². The van der Waals surface area contributed by atoms with Gasteiger partial charge in [0, 0.05) is 18.0 Å². The van der Waals surface area contributed by atoms with Crippen LogP contribution in [0.3, 0.4) is 0 Å². The zero-order valence-corrected chi connectivity index (χ0v) is 12.8. The molecular weight excluding hydrogens is 258 g/mol. The van der Waals surface area contributed by atoms with Crippen LogP contribution in [0.1, 0.15) is 42.9 Å². The Hall–Kier alpha value is -0.900. The molecule has 1 aromatic rings. The minimum atomic E-state index is 0.380. The Morgan fingerprint density at radius 2 is 1.62 bits per heavy atom. The van der Waals surface area contributed by atoms with Crippen molar-refractivity contribution < 1.29 is 0 Å². The quantitative estimate of drug-likeness (QED) is 0.738. The van der Waals surface area contributed by atoms with Gasteiger partial charge in [-0.3, -0.25) is 0 Å². The molecule has 1 unspecified atom stereocenters. The highest BCUT2D eigenvalue weighted by Gasteiger charge is 2.42. The Morgan fingerprint density at radius 1 is 0.905 bits per heavy atom. The Balaban J connectivity index is 1.68. The van der Waals surface area contributed by atoms with Gasteiger partial charge in [-0.05, 0) is 68.9 Å². The number of fused-ring (bicyclic) bond motifs is 2. The lowest BCUT2D eigenvalue weighted by Gasteiger charge is -2.47. The summed E-state index contributed by atoms with van der Waals surface area (Å²) in [5.41, 5.74) is 3.62. The van der Waals surface area contributed by atoms with Crippen LogP contribution in [0.2, 0.25) is 0 Å². The Bertz CT molecular complexity index is 487. The molecule has 0 saturated carbocycles. The van der Waals surface area contributed by atoms with Crippen molar-refractivity contribution in [1.82, 2.24) is 16.0 Å². The SMILES string of the molecule is c1ccc2c(c1)C(C1CCNCC1)NCC21CCNCC1. The summed E-state index contributed by atoms with van der Waals surface area (Å²) >= 11 is 0. The van der Waals surface area contributed by atoms with Crippen LogP contribution >= 0.6 is 0 Å². The molecule has 3 heteroatoms. The monoisotopic (exact) mass is 285 g/mol. The molecule has 114 valence electrons. The first kappa shape index (κ1) is 13.7. The summed E-state index contributed by atoms with van der Waals surface area (Å²) in [4.78, 5) is 0. The van der Waals surface area contributed by atoms with E-state index in [1.165, 1.54) is 45.3 Å². The fourth-order valence-electron chi connectivity index (χ4n) is 4.71. The number of hydrogen-bond donors (Lipinski definition) is 3. The van der Waals surface area contributed by atoms with Gasteiger partial charge in [0.05, 0.1) is 0 Å². The maximum Gasteiger partial charge on any atom is 0.0352 e. The standard InChI is InChI=1S/C18H27N3/c1-2-4-16-15(3-1)17(14-5-9-19-10-6-14)21-13-18(16)7-11-20-12-8-18/h1-4,14,17,19-21H,5-13H2. The van der Waals surface area contributed by atoms with Crippen LogP contribution in [0.4, 0.5) is 0 Å². The van der Waals surface area contributed by atoms with Crippen molar-refractivity contribution in [2.24, 2.45) is 5.92 Å². The van der Waals surface area contributed by atoms with E-state index in [0.717, 1.165) is 19.0 Å². The maximum absolute atomic E-state index is 3.95. The van der Waals surface area contributed by atoms with Crippen LogP contribution in [0.15, 0.2) is 24.3 Å². The van der Waals surface area contributed by atoms with Gasteiger partial charge in [0.2, 0.25) is 0 Å². The predicted molar refractivity (Wildman–Crippen MR) is 86.6 cm³/mol. The Labute approximate surface area is 127 Å². The molecule has 0 bridgehead atoms. The third kappa shape index (κ3) is 2.41. The zero-order chi connectivity index (χ0) is 14.1. The van der Waals surface area contributed by atoms with Crippen molar-refractivity contribution in [3.05, 3.63) is 35.4 Å². The molecule has 3 N–H and O–H groups in total. The second-order valence-corrected chi connectivity index (χ2v) is 7.06. The average molecular weight is 285 g/mol. The van der Waals surface area contributed by atoms with Gasteiger partial charge < -0.3 is 16.0 Å². The first-order valence-corrected chi connectivity index (χ1v) is 8.63. The molecule has 1 aromatic carbocycles. The lowest BCUT2D eigenvalue weighted by Crippen LogP contribution is -2.52. The van der Waals surface area contributed by atoms with E-state index in [9.17, 15) is 0 Å². The fraction of sp³-hybridized carbons (Fsp3) is 0.667. The van der Waals surface area contributed by atoms with E-state index in [1.54, 1.807) is 11.1 Å². The van der Waals surface area contributed by atoms with Gasteiger partial charge in [-0.15, -0.1) is 0 Å². The van der Waals surface area contributed by atoms with Crippen molar-refractivity contribution in [3.63, 3.8) is 0 Å². The first-order chi connectivity index (χ1) is 10.4. The molecule has 0 amide bonds. The van der Waals surface area contributed by atoms with Crippen LogP contribution < -0.4 is 16.0 Å². The van der Waals surface area contributed by atoms with Gasteiger partial charge in [0.15, 0.2) is 0 Å². The highest BCUT2D eigenvalue weighted by molar-refractivity contribution is 5.40. The number of nitrogens with one attached hydrogen (secondary N) is 3. The van der Waals surface area contributed by atoms with Crippen molar-refractivity contribution in [2.75, 3.05) is 32.7 Å². The maximum atomic E-state index is 3.95. The molecule has 0 aromatic heterocycles. The molecule has 3 aliphatic heterocycles. The van der Waals surface area contributed by atoms with E-state index in [-0.39, 0.29) is 0 Å². The summed E-state index contributed by atoms with van der Waals surface area (Å²) in [5.74, 6) is 0.798. The summed E-state index contributed by atoms with van der Waals surface area (Å²) in [7, 11) is 0. The molecule has 1 spiro atoms. The molecule has 2 saturated heterocycles. The minimum Gasteiger partial charge on any atom is -0.317 e.